The molecule has 1 heterocycles. The zero-order valence-electron chi connectivity index (χ0n) is 22.1. The summed E-state index contributed by atoms with van der Waals surface area (Å²) >= 11 is 0. The molecule has 0 spiro atoms. The molecule has 0 unspecified atom stereocenters. The minimum absolute atomic E-state index is 0. The topological polar surface area (TPSA) is 87.7 Å². The van der Waals surface area contributed by atoms with Crippen LogP contribution in [-0.4, -0.2) is 45.1 Å². The van der Waals surface area contributed by atoms with Crippen LogP contribution in [0.5, 0.6) is 11.5 Å². The van der Waals surface area contributed by atoms with Crippen LogP contribution in [0.4, 0.5) is 5.69 Å². The molecule has 3 atom stereocenters. The maximum atomic E-state index is 12.8. The predicted molar refractivity (Wildman–Crippen MR) is 153 cm³/mol. The Morgan fingerprint density at radius 1 is 0.921 bits per heavy atom. The highest BCUT2D eigenvalue weighted by Crippen LogP contribution is 2.42. The molecule has 2 aromatic rings. The van der Waals surface area contributed by atoms with E-state index in [4.69, 9.17) is 4.74 Å². The Kier molecular flexibility index (Phi) is 9.60. The number of nitrogens with one attached hydrogen (secondary N) is 2. The fraction of sp³-hybridized carbons (Fsp3) is 0.552. The van der Waals surface area contributed by atoms with E-state index in [-0.39, 0.29) is 18.3 Å². The lowest BCUT2D eigenvalue weighted by Crippen LogP contribution is -2.35. The molecule has 1 aliphatic heterocycles. The number of ether oxygens (including phenoxy) is 1. The average molecular weight is 562 g/mol. The van der Waals surface area contributed by atoms with E-state index in [1.165, 1.54) is 37.7 Å². The van der Waals surface area contributed by atoms with E-state index in [9.17, 15) is 13.2 Å². The molecule has 7 nitrogen and oxygen atoms in total. The van der Waals surface area contributed by atoms with Crippen molar-refractivity contribution in [3.05, 3.63) is 54.1 Å². The van der Waals surface area contributed by atoms with Crippen molar-refractivity contribution in [2.75, 3.05) is 30.6 Å². The first kappa shape index (κ1) is 28.7. The number of hydrogen-bond donors (Lipinski definition) is 2. The van der Waals surface area contributed by atoms with Gasteiger partial charge in [0.05, 0.1) is 6.26 Å². The molecule has 38 heavy (non-hydrogen) atoms. The third-order valence-corrected chi connectivity index (χ3v) is 8.82. The molecule has 2 aliphatic carbocycles. The number of carbonyl (C=O) groups is 1. The van der Waals surface area contributed by atoms with Crippen LogP contribution in [0, 0.1) is 23.7 Å². The van der Waals surface area contributed by atoms with Gasteiger partial charge < -0.3 is 10.1 Å². The minimum atomic E-state index is -3.29. The maximum Gasteiger partial charge on any atom is 0.229 e. The highest BCUT2D eigenvalue weighted by molar-refractivity contribution is 7.92. The first-order chi connectivity index (χ1) is 17.8. The van der Waals surface area contributed by atoms with Crippen LogP contribution in [0.25, 0.3) is 0 Å². The van der Waals surface area contributed by atoms with Gasteiger partial charge in [0.15, 0.2) is 0 Å². The summed E-state index contributed by atoms with van der Waals surface area (Å²) in [5.74, 6) is 3.85. The van der Waals surface area contributed by atoms with Gasteiger partial charge in [-0.1, -0.05) is 31.4 Å². The molecular formula is C29H40ClN3O4S. The highest BCUT2D eigenvalue weighted by atomic mass is 35.5. The fourth-order valence-electron chi connectivity index (χ4n) is 6.38. The molecule has 0 bridgehead atoms. The number of benzene rings is 2. The molecular weight excluding hydrogens is 522 g/mol. The van der Waals surface area contributed by atoms with Gasteiger partial charge in [-0.2, -0.15) is 0 Å². The summed E-state index contributed by atoms with van der Waals surface area (Å²) < 4.78 is 31.0. The molecule has 9 heteroatoms. The number of hydrogen-bond acceptors (Lipinski definition) is 5. The summed E-state index contributed by atoms with van der Waals surface area (Å²) in [6, 6.07) is 15.0. The normalized spacial score (nSPS) is 23.9. The zero-order chi connectivity index (χ0) is 25.8. The summed E-state index contributed by atoms with van der Waals surface area (Å²) in [6.07, 6.45) is 9.73. The Morgan fingerprint density at radius 2 is 1.50 bits per heavy atom. The quantitative estimate of drug-likeness (QED) is 0.426. The van der Waals surface area contributed by atoms with Crippen molar-refractivity contribution >= 4 is 34.0 Å². The Bertz CT molecular complexity index is 1150. The van der Waals surface area contributed by atoms with Crippen molar-refractivity contribution in [3.8, 4) is 11.5 Å². The third kappa shape index (κ3) is 7.87. The molecule has 5 rings (SSSR count). The molecule has 2 aromatic carbocycles. The van der Waals surface area contributed by atoms with Gasteiger partial charge in [0, 0.05) is 37.8 Å². The Morgan fingerprint density at radius 3 is 2.08 bits per heavy atom. The molecule has 2 saturated carbocycles. The molecule has 208 valence electrons. The number of nitrogens with zero attached hydrogens (tertiary/aromatic N) is 1. The van der Waals surface area contributed by atoms with Crippen molar-refractivity contribution in [1.82, 2.24) is 10.2 Å². The lowest BCUT2D eigenvalue weighted by atomic mass is 9.89. The zero-order valence-corrected chi connectivity index (χ0v) is 23.7. The second-order valence-electron chi connectivity index (χ2n) is 11.3. The van der Waals surface area contributed by atoms with Crippen molar-refractivity contribution < 1.29 is 17.9 Å². The predicted octanol–water partition coefficient (Wildman–Crippen LogP) is 5.43. The standard InChI is InChI=1S/C29H39N3O4S.ClH/c1-37(34,35)31-26-9-13-28(14-10-26)36-27-11-7-22(8-12-27)18-32-19-24-15-23(16-25(24)20-32)29(33)30-17-21-5-3-2-4-6-21;/h7-14,21,23-25,31H,2-6,15-20H2,1H3,(H,30,33);1H/t23-,24+,25-;. The minimum Gasteiger partial charge on any atom is -0.457 e. The van der Waals surface area contributed by atoms with Crippen LogP contribution in [0.2, 0.25) is 0 Å². The van der Waals surface area contributed by atoms with E-state index < -0.39 is 10.0 Å². The number of carbonyl (C=O) groups excluding carboxylic acids is 1. The van der Waals surface area contributed by atoms with E-state index >= 15 is 0 Å². The molecule has 0 radical (unpaired) electrons. The van der Waals surface area contributed by atoms with E-state index in [0.29, 0.717) is 35.1 Å². The summed E-state index contributed by atoms with van der Waals surface area (Å²) in [4.78, 5) is 15.3. The fourth-order valence-corrected chi connectivity index (χ4v) is 6.95. The average Bonchev–Trinajstić information content (AvgIpc) is 3.44. The molecule has 3 aliphatic rings. The van der Waals surface area contributed by atoms with Crippen LogP contribution in [0.15, 0.2) is 48.5 Å². The summed E-state index contributed by atoms with van der Waals surface area (Å²) in [6.45, 7) is 3.94. The van der Waals surface area contributed by atoms with Gasteiger partial charge in [-0.3, -0.25) is 14.4 Å². The molecule has 1 amide bonds. The number of amides is 1. The maximum absolute atomic E-state index is 12.8. The van der Waals surface area contributed by atoms with Gasteiger partial charge in [0.1, 0.15) is 11.5 Å². The first-order valence-corrected chi connectivity index (χ1v) is 15.5. The van der Waals surface area contributed by atoms with Crippen LogP contribution in [0.1, 0.15) is 50.5 Å². The van der Waals surface area contributed by atoms with E-state index in [2.05, 4.69) is 27.1 Å². The lowest BCUT2D eigenvalue weighted by molar-refractivity contribution is -0.125. The van der Waals surface area contributed by atoms with Crippen LogP contribution in [0.3, 0.4) is 0 Å². The van der Waals surface area contributed by atoms with Gasteiger partial charge in [0.2, 0.25) is 15.9 Å². The Labute approximate surface area is 233 Å². The molecule has 3 fully saturated rings. The van der Waals surface area contributed by atoms with Gasteiger partial charge in [-0.05, 0) is 85.4 Å². The lowest BCUT2D eigenvalue weighted by Gasteiger charge is -2.23. The molecule has 1 saturated heterocycles. The number of sulfonamides is 1. The second-order valence-corrected chi connectivity index (χ2v) is 13.0. The van der Waals surface area contributed by atoms with Crippen LogP contribution < -0.4 is 14.8 Å². The number of rotatable bonds is 9. The van der Waals surface area contributed by atoms with Crippen molar-refractivity contribution in [2.24, 2.45) is 23.7 Å². The highest BCUT2D eigenvalue weighted by Gasteiger charge is 2.43. The van der Waals surface area contributed by atoms with E-state index in [1.54, 1.807) is 24.3 Å². The number of likely N-dealkylation sites (tertiary alicyclic amines) is 1. The summed E-state index contributed by atoms with van der Waals surface area (Å²) in [5, 5.41) is 3.28. The Hall–Kier alpha value is -2.29. The SMILES string of the molecule is CS(=O)(=O)Nc1ccc(Oc2ccc(CN3C[C@H]4C[C@H](C(=O)NCC5CCCCC5)C[C@H]4C3)cc2)cc1.Cl. The van der Waals surface area contributed by atoms with Gasteiger partial charge in [-0.25, -0.2) is 8.42 Å². The van der Waals surface area contributed by atoms with Gasteiger partial charge in [-0.15, -0.1) is 12.4 Å². The summed E-state index contributed by atoms with van der Waals surface area (Å²) in [5.41, 5.74) is 1.76. The number of anilines is 1. The summed E-state index contributed by atoms with van der Waals surface area (Å²) in [7, 11) is -3.29. The molecule has 2 N–H and O–H groups in total. The van der Waals surface area contributed by atoms with Crippen molar-refractivity contribution in [3.63, 3.8) is 0 Å². The molecule has 0 aromatic heterocycles. The van der Waals surface area contributed by atoms with Crippen LogP contribution >= 0.6 is 12.4 Å². The van der Waals surface area contributed by atoms with E-state index in [0.717, 1.165) is 51.0 Å². The Balaban J connectivity index is 0.00000336. The van der Waals surface area contributed by atoms with Crippen LogP contribution in [-0.2, 0) is 21.4 Å². The number of halogens is 1. The van der Waals surface area contributed by atoms with Gasteiger partial charge >= 0.3 is 0 Å². The first-order valence-electron chi connectivity index (χ1n) is 13.7. The largest absolute Gasteiger partial charge is 0.457 e. The monoisotopic (exact) mass is 561 g/mol. The smallest absolute Gasteiger partial charge is 0.229 e. The number of fused-ring (bicyclic) bond motifs is 1. The van der Waals surface area contributed by atoms with E-state index in [1.807, 2.05) is 12.1 Å². The third-order valence-electron chi connectivity index (χ3n) is 8.21. The van der Waals surface area contributed by atoms with Crippen molar-refractivity contribution in [1.29, 1.82) is 0 Å². The van der Waals surface area contributed by atoms with Gasteiger partial charge in [0.25, 0.3) is 0 Å². The second kappa shape index (κ2) is 12.7. The van der Waals surface area contributed by atoms with Crippen molar-refractivity contribution in [2.45, 2.75) is 51.5 Å².